The number of hydrogen-bond acceptors (Lipinski definition) is 4. The molecule has 3 rings (SSSR count). The second kappa shape index (κ2) is 7.19. The lowest BCUT2D eigenvalue weighted by Crippen LogP contribution is -2.67. The SMILES string of the molecule is CC1(C(=O)NS(=O)(=O)c2ccc(Cl)cc2)CCN1C(=O)CC1CCCC1. The first-order chi connectivity index (χ1) is 12.2. The molecule has 0 bridgehead atoms. The maximum atomic E-state index is 12.6. The zero-order valence-corrected chi connectivity index (χ0v) is 16.3. The van der Waals surface area contributed by atoms with E-state index in [0.29, 0.717) is 30.3 Å². The van der Waals surface area contributed by atoms with Gasteiger partial charge in [-0.15, -0.1) is 0 Å². The van der Waals surface area contributed by atoms with Crippen molar-refractivity contribution >= 4 is 33.4 Å². The van der Waals surface area contributed by atoms with Crippen LogP contribution in [-0.2, 0) is 19.6 Å². The number of likely N-dealkylation sites (tertiary alicyclic amines) is 1. The van der Waals surface area contributed by atoms with Gasteiger partial charge >= 0.3 is 0 Å². The minimum Gasteiger partial charge on any atom is -0.328 e. The number of rotatable bonds is 5. The number of carbonyl (C=O) groups excluding carboxylic acids is 2. The van der Waals surface area contributed by atoms with E-state index in [9.17, 15) is 18.0 Å². The number of sulfonamides is 1. The normalized spacial score (nSPS) is 23.5. The first-order valence-corrected chi connectivity index (χ1v) is 10.7. The van der Waals surface area contributed by atoms with Crippen molar-refractivity contribution in [2.24, 2.45) is 5.92 Å². The number of amides is 2. The Bertz CT molecular complexity index is 803. The van der Waals surface area contributed by atoms with E-state index in [2.05, 4.69) is 4.72 Å². The lowest BCUT2D eigenvalue weighted by molar-refractivity contribution is -0.157. The Hall–Kier alpha value is -1.60. The highest BCUT2D eigenvalue weighted by Crippen LogP contribution is 2.35. The number of halogens is 1. The molecule has 1 saturated heterocycles. The van der Waals surface area contributed by atoms with Gasteiger partial charge in [0.2, 0.25) is 5.91 Å². The molecule has 1 atom stereocenters. The van der Waals surface area contributed by atoms with Gasteiger partial charge in [0, 0.05) is 18.0 Å². The van der Waals surface area contributed by atoms with Gasteiger partial charge in [0.15, 0.2) is 0 Å². The Kier molecular flexibility index (Phi) is 5.30. The summed E-state index contributed by atoms with van der Waals surface area (Å²) >= 11 is 5.77. The summed E-state index contributed by atoms with van der Waals surface area (Å²) in [6.45, 7) is 2.10. The van der Waals surface area contributed by atoms with Gasteiger partial charge in [-0.1, -0.05) is 24.4 Å². The molecule has 6 nitrogen and oxygen atoms in total. The summed E-state index contributed by atoms with van der Waals surface area (Å²) in [5.41, 5.74) is -1.12. The van der Waals surface area contributed by atoms with Gasteiger partial charge in [0.1, 0.15) is 5.54 Å². The molecule has 8 heteroatoms. The smallest absolute Gasteiger partial charge is 0.264 e. The molecule has 1 aliphatic heterocycles. The van der Waals surface area contributed by atoms with E-state index < -0.39 is 21.5 Å². The van der Waals surface area contributed by atoms with Crippen molar-refractivity contribution in [3.8, 4) is 0 Å². The van der Waals surface area contributed by atoms with Crippen molar-refractivity contribution < 1.29 is 18.0 Å². The second-order valence-corrected chi connectivity index (χ2v) is 9.43. The van der Waals surface area contributed by atoms with Crippen LogP contribution in [0.15, 0.2) is 29.2 Å². The minimum atomic E-state index is -4.00. The summed E-state index contributed by atoms with van der Waals surface area (Å²) in [5.74, 6) is -0.351. The van der Waals surface area contributed by atoms with Crippen molar-refractivity contribution in [2.75, 3.05) is 6.54 Å². The van der Waals surface area contributed by atoms with Gasteiger partial charge in [-0.05, 0) is 56.4 Å². The van der Waals surface area contributed by atoms with Gasteiger partial charge in [-0.2, -0.15) is 0 Å². The van der Waals surface area contributed by atoms with E-state index in [1.165, 1.54) is 29.2 Å². The Morgan fingerprint density at radius 3 is 2.38 bits per heavy atom. The third-order valence-corrected chi connectivity index (χ3v) is 7.10. The molecule has 2 amide bonds. The molecule has 1 aliphatic carbocycles. The van der Waals surface area contributed by atoms with E-state index in [1.807, 2.05) is 0 Å². The predicted octanol–water partition coefficient (Wildman–Crippen LogP) is 2.72. The quantitative estimate of drug-likeness (QED) is 0.826. The third-order valence-electron chi connectivity index (χ3n) is 5.50. The van der Waals surface area contributed by atoms with E-state index in [1.54, 1.807) is 6.92 Å². The molecule has 1 N–H and O–H groups in total. The molecule has 26 heavy (non-hydrogen) atoms. The predicted molar refractivity (Wildman–Crippen MR) is 98.1 cm³/mol. The van der Waals surface area contributed by atoms with Gasteiger partial charge < -0.3 is 4.90 Å². The Morgan fingerprint density at radius 1 is 1.23 bits per heavy atom. The van der Waals surface area contributed by atoms with Crippen LogP contribution in [0, 0.1) is 5.92 Å². The molecule has 1 heterocycles. The van der Waals surface area contributed by atoms with Gasteiger partial charge in [0.05, 0.1) is 4.90 Å². The monoisotopic (exact) mass is 398 g/mol. The van der Waals surface area contributed by atoms with Gasteiger partial charge in [0.25, 0.3) is 15.9 Å². The number of nitrogens with zero attached hydrogens (tertiary/aromatic N) is 1. The number of hydrogen-bond donors (Lipinski definition) is 1. The Labute approximate surface area is 158 Å². The summed E-state index contributed by atoms with van der Waals surface area (Å²) in [7, 11) is -4.00. The zero-order valence-electron chi connectivity index (χ0n) is 14.7. The van der Waals surface area contributed by atoms with E-state index >= 15 is 0 Å². The molecule has 1 aromatic rings. The van der Waals surface area contributed by atoms with Crippen LogP contribution in [-0.4, -0.2) is 37.2 Å². The van der Waals surface area contributed by atoms with Crippen LogP contribution in [0.3, 0.4) is 0 Å². The molecule has 0 aromatic heterocycles. The molecule has 0 radical (unpaired) electrons. The van der Waals surface area contributed by atoms with Crippen LogP contribution in [0.4, 0.5) is 0 Å². The van der Waals surface area contributed by atoms with Crippen LogP contribution in [0.25, 0.3) is 0 Å². The van der Waals surface area contributed by atoms with E-state index in [0.717, 1.165) is 25.7 Å². The molecule has 1 aromatic carbocycles. The molecular weight excluding hydrogens is 376 g/mol. The van der Waals surface area contributed by atoms with Crippen molar-refractivity contribution in [2.45, 2.75) is 55.9 Å². The van der Waals surface area contributed by atoms with Crippen molar-refractivity contribution in [1.82, 2.24) is 9.62 Å². The van der Waals surface area contributed by atoms with Crippen LogP contribution in [0.2, 0.25) is 5.02 Å². The fourth-order valence-electron chi connectivity index (χ4n) is 3.67. The molecule has 2 fully saturated rings. The summed E-state index contributed by atoms with van der Waals surface area (Å²) in [6, 6.07) is 5.57. The fraction of sp³-hybridized carbons (Fsp3) is 0.556. The highest BCUT2D eigenvalue weighted by atomic mass is 35.5. The van der Waals surface area contributed by atoms with E-state index in [4.69, 9.17) is 11.6 Å². The van der Waals surface area contributed by atoms with Crippen LogP contribution < -0.4 is 4.72 Å². The third kappa shape index (κ3) is 3.74. The highest BCUT2D eigenvalue weighted by Gasteiger charge is 2.50. The van der Waals surface area contributed by atoms with Crippen molar-refractivity contribution in [3.05, 3.63) is 29.3 Å². The standard InChI is InChI=1S/C18H23ClN2O4S/c1-18(10-11-21(18)16(22)12-13-4-2-3-5-13)17(23)20-26(24,25)15-8-6-14(19)7-9-15/h6-9,13H,2-5,10-12H2,1H3,(H,20,23). The maximum Gasteiger partial charge on any atom is 0.264 e. The average Bonchev–Trinajstić information content (AvgIpc) is 3.05. The van der Waals surface area contributed by atoms with Crippen molar-refractivity contribution in [1.29, 1.82) is 0 Å². The lowest BCUT2D eigenvalue weighted by atomic mass is 9.85. The summed E-state index contributed by atoms with van der Waals surface area (Å²) in [6.07, 6.45) is 5.28. The average molecular weight is 399 g/mol. The molecular formula is C18H23ClN2O4S. The topological polar surface area (TPSA) is 83.6 Å². The molecule has 0 spiro atoms. The first kappa shape index (κ1) is 19.2. The largest absolute Gasteiger partial charge is 0.328 e. The molecule has 1 unspecified atom stereocenters. The minimum absolute atomic E-state index is 0.0398. The van der Waals surface area contributed by atoms with Crippen LogP contribution in [0.1, 0.15) is 45.4 Å². The van der Waals surface area contributed by atoms with Crippen LogP contribution in [0.5, 0.6) is 0 Å². The first-order valence-electron chi connectivity index (χ1n) is 8.86. The number of nitrogens with one attached hydrogen (secondary N) is 1. The Morgan fingerprint density at radius 2 is 1.85 bits per heavy atom. The van der Waals surface area contributed by atoms with E-state index in [-0.39, 0.29) is 10.8 Å². The maximum absolute atomic E-state index is 12.6. The van der Waals surface area contributed by atoms with Gasteiger partial charge in [-0.25, -0.2) is 13.1 Å². The Balaban J connectivity index is 1.68. The summed E-state index contributed by atoms with van der Waals surface area (Å²) in [5, 5.41) is 0.407. The highest BCUT2D eigenvalue weighted by molar-refractivity contribution is 7.90. The number of carbonyl (C=O) groups is 2. The lowest BCUT2D eigenvalue weighted by Gasteiger charge is -2.49. The second-order valence-electron chi connectivity index (χ2n) is 7.31. The molecule has 2 aliphatic rings. The number of benzene rings is 1. The molecule has 142 valence electrons. The van der Waals surface area contributed by atoms with Crippen molar-refractivity contribution in [3.63, 3.8) is 0 Å². The molecule has 1 saturated carbocycles. The van der Waals surface area contributed by atoms with Crippen LogP contribution >= 0.6 is 11.6 Å². The van der Waals surface area contributed by atoms with Gasteiger partial charge in [-0.3, -0.25) is 9.59 Å². The summed E-state index contributed by atoms with van der Waals surface area (Å²) in [4.78, 5) is 26.7. The summed E-state index contributed by atoms with van der Waals surface area (Å²) < 4.78 is 26.9. The fourth-order valence-corrected chi connectivity index (χ4v) is 4.87. The zero-order chi connectivity index (χ0) is 18.9.